The van der Waals surface area contributed by atoms with Crippen molar-refractivity contribution in [3.8, 4) is 5.88 Å². The van der Waals surface area contributed by atoms with Crippen molar-refractivity contribution in [3.63, 3.8) is 0 Å². The number of sulfonamides is 1. The topological polar surface area (TPSA) is 94.3 Å². The van der Waals surface area contributed by atoms with Gasteiger partial charge in [-0.25, -0.2) is 18.1 Å². The number of aryl methyl sites for hydroxylation is 1. The van der Waals surface area contributed by atoms with E-state index < -0.39 is 10.0 Å². The van der Waals surface area contributed by atoms with Crippen molar-refractivity contribution >= 4 is 28.1 Å². The molecule has 0 spiro atoms. The van der Waals surface area contributed by atoms with Crippen LogP contribution < -0.4 is 15.2 Å². The lowest BCUT2D eigenvalue weighted by atomic mass is 9.88. The van der Waals surface area contributed by atoms with Gasteiger partial charge in [-0.15, -0.1) is 12.4 Å². The average Bonchev–Trinajstić information content (AvgIpc) is 2.54. The number of halogens is 1. The van der Waals surface area contributed by atoms with Crippen molar-refractivity contribution in [1.82, 2.24) is 9.71 Å². The number of nitrogens with one attached hydrogen (secondary N) is 1. The highest BCUT2D eigenvalue weighted by Gasteiger charge is 2.26. The van der Waals surface area contributed by atoms with E-state index in [2.05, 4.69) is 9.71 Å². The number of methoxy groups -OCH3 is 1. The number of nitrogens with two attached hydrogens (primary N) is 1. The zero-order valence-electron chi connectivity index (χ0n) is 13.2. The van der Waals surface area contributed by atoms with Crippen LogP contribution in [-0.2, 0) is 16.4 Å². The average molecular weight is 370 g/mol. The largest absolute Gasteiger partial charge is 0.481 e. The van der Waals surface area contributed by atoms with Crippen LogP contribution in [0.1, 0.15) is 30.0 Å². The molecule has 0 aliphatic heterocycles. The maximum Gasteiger partial charge on any atom is 0.242 e. The first-order valence-electron chi connectivity index (χ1n) is 7.40. The summed E-state index contributed by atoms with van der Waals surface area (Å²) in [7, 11) is -2.15. The molecule has 1 aromatic heterocycles. The Bertz CT molecular complexity index is 810. The smallest absolute Gasteiger partial charge is 0.242 e. The van der Waals surface area contributed by atoms with E-state index in [9.17, 15) is 8.42 Å². The second-order valence-electron chi connectivity index (χ2n) is 5.56. The Morgan fingerprint density at radius 2 is 2.08 bits per heavy atom. The first-order chi connectivity index (χ1) is 11.0. The predicted octanol–water partition coefficient (Wildman–Crippen LogP) is 2.45. The van der Waals surface area contributed by atoms with Gasteiger partial charge in [-0.05, 0) is 48.6 Å². The molecule has 0 radical (unpaired) electrons. The molecular formula is C16H20ClN3O3S. The number of hydrogen-bond donors (Lipinski definition) is 2. The fourth-order valence-corrected chi connectivity index (χ4v) is 4.05. The predicted molar refractivity (Wildman–Crippen MR) is 94.9 cm³/mol. The molecule has 1 aliphatic rings. The van der Waals surface area contributed by atoms with Gasteiger partial charge in [0.15, 0.2) is 0 Å². The quantitative estimate of drug-likeness (QED) is 0.807. The van der Waals surface area contributed by atoms with E-state index in [1.54, 1.807) is 6.07 Å². The summed E-state index contributed by atoms with van der Waals surface area (Å²) in [5.41, 5.74) is 8.62. The van der Waals surface area contributed by atoms with Crippen LogP contribution in [0.5, 0.6) is 5.88 Å². The van der Waals surface area contributed by atoms with E-state index in [0.29, 0.717) is 11.6 Å². The molecular weight excluding hydrogens is 350 g/mol. The summed E-state index contributed by atoms with van der Waals surface area (Å²) < 4.78 is 32.8. The summed E-state index contributed by atoms with van der Waals surface area (Å²) in [4.78, 5) is 4.08. The molecule has 1 atom stereocenters. The summed E-state index contributed by atoms with van der Waals surface area (Å²) in [5, 5.41) is 0. The monoisotopic (exact) mass is 369 g/mol. The standard InChI is InChI=1S/C16H19N3O3S.ClH/c1-22-16-8-6-13(10-18-16)23(20,21)19-15-4-2-3-11-9-12(17)5-7-14(11)15;/h5-10,15,19H,2-4,17H2,1H3;1H. The van der Waals surface area contributed by atoms with Crippen LogP contribution in [0.15, 0.2) is 41.4 Å². The fourth-order valence-electron chi connectivity index (χ4n) is 2.86. The molecule has 0 amide bonds. The van der Waals surface area contributed by atoms with Gasteiger partial charge in [0.2, 0.25) is 15.9 Å². The van der Waals surface area contributed by atoms with Crippen molar-refractivity contribution in [1.29, 1.82) is 0 Å². The summed E-state index contributed by atoms with van der Waals surface area (Å²) in [6.45, 7) is 0. The molecule has 1 aliphatic carbocycles. The molecule has 3 N–H and O–H groups in total. The van der Waals surface area contributed by atoms with Crippen LogP contribution in [0.2, 0.25) is 0 Å². The third-order valence-corrected chi connectivity index (χ3v) is 5.46. The molecule has 0 saturated heterocycles. The Balaban J connectivity index is 0.00000208. The van der Waals surface area contributed by atoms with Crippen LogP contribution in [0, 0.1) is 0 Å². The number of hydrogen-bond acceptors (Lipinski definition) is 5. The molecule has 0 bridgehead atoms. The van der Waals surface area contributed by atoms with E-state index in [4.69, 9.17) is 10.5 Å². The zero-order valence-corrected chi connectivity index (χ0v) is 14.9. The maximum absolute atomic E-state index is 12.6. The molecule has 24 heavy (non-hydrogen) atoms. The Labute approximate surface area is 147 Å². The molecule has 6 nitrogen and oxygen atoms in total. The second-order valence-corrected chi connectivity index (χ2v) is 7.27. The minimum atomic E-state index is -3.64. The summed E-state index contributed by atoms with van der Waals surface area (Å²) in [6.07, 6.45) is 3.90. The number of benzene rings is 1. The highest BCUT2D eigenvalue weighted by atomic mass is 35.5. The van der Waals surface area contributed by atoms with Gasteiger partial charge in [0.1, 0.15) is 4.90 Å². The fraction of sp³-hybridized carbons (Fsp3) is 0.312. The number of rotatable bonds is 4. The van der Waals surface area contributed by atoms with Crippen molar-refractivity contribution in [3.05, 3.63) is 47.7 Å². The molecule has 1 heterocycles. The normalized spacial score (nSPS) is 16.8. The number of nitrogen functional groups attached to an aromatic ring is 1. The van der Waals surface area contributed by atoms with Gasteiger partial charge in [-0.1, -0.05) is 6.07 Å². The van der Waals surface area contributed by atoms with E-state index in [1.807, 2.05) is 12.1 Å². The minimum Gasteiger partial charge on any atom is -0.481 e. The molecule has 1 aromatic carbocycles. The van der Waals surface area contributed by atoms with Crippen molar-refractivity contribution < 1.29 is 13.2 Å². The van der Waals surface area contributed by atoms with E-state index in [-0.39, 0.29) is 23.3 Å². The van der Waals surface area contributed by atoms with Crippen LogP contribution in [-0.4, -0.2) is 20.5 Å². The first kappa shape index (κ1) is 18.5. The molecule has 1 unspecified atom stereocenters. The highest BCUT2D eigenvalue weighted by molar-refractivity contribution is 7.89. The molecule has 8 heteroatoms. The van der Waals surface area contributed by atoms with Gasteiger partial charge < -0.3 is 10.5 Å². The van der Waals surface area contributed by atoms with E-state index in [0.717, 1.165) is 30.4 Å². The Kier molecular flexibility index (Phi) is 5.69. The van der Waals surface area contributed by atoms with E-state index >= 15 is 0 Å². The second kappa shape index (κ2) is 7.38. The Morgan fingerprint density at radius 3 is 2.75 bits per heavy atom. The molecule has 0 saturated carbocycles. The van der Waals surface area contributed by atoms with Gasteiger partial charge in [-0.2, -0.15) is 0 Å². The van der Waals surface area contributed by atoms with Crippen LogP contribution >= 0.6 is 12.4 Å². The third-order valence-electron chi connectivity index (χ3n) is 4.01. The van der Waals surface area contributed by atoms with Gasteiger partial charge in [0.25, 0.3) is 0 Å². The van der Waals surface area contributed by atoms with Crippen molar-refractivity contribution in [2.75, 3.05) is 12.8 Å². The van der Waals surface area contributed by atoms with Gasteiger partial charge >= 0.3 is 0 Å². The van der Waals surface area contributed by atoms with Crippen LogP contribution in [0.3, 0.4) is 0 Å². The summed E-state index contributed by atoms with van der Waals surface area (Å²) in [6, 6.07) is 8.41. The lowest BCUT2D eigenvalue weighted by Crippen LogP contribution is -2.31. The number of aromatic nitrogens is 1. The summed E-state index contributed by atoms with van der Waals surface area (Å²) in [5.74, 6) is 0.377. The lowest BCUT2D eigenvalue weighted by molar-refractivity contribution is 0.397. The maximum atomic E-state index is 12.6. The third kappa shape index (κ3) is 3.80. The Hall–Kier alpha value is -1.83. The SMILES string of the molecule is COc1ccc(S(=O)(=O)NC2CCCc3cc(N)ccc32)cn1.Cl. The van der Waals surface area contributed by atoms with Crippen molar-refractivity contribution in [2.45, 2.75) is 30.2 Å². The van der Waals surface area contributed by atoms with Gasteiger partial charge in [0.05, 0.1) is 13.3 Å². The molecule has 2 aromatic rings. The van der Waals surface area contributed by atoms with Gasteiger partial charge in [0, 0.05) is 17.8 Å². The molecule has 130 valence electrons. The number of anilines is 1. The molecule has 0 fully saturated rings. The number of fused-ring (bicyclic) bond motifs is 1. The number of ether oxygens (including phenoxy) is 1. The van der Waals surface area contributed by atoms with Crippen LogP contribution in [0.25, 0.3) is 0 Å². The Morgan fingerprint density at radius 1 is 1.29 bits per heavy atom. The van der Waals surface area contributed by atoms with Gasteiger partial charge in [-0.3, -0.25) is 0 Å². The number of pyridine rings is 1. The molecule has 3 rings (SSSR count). The highest BCUT2D eigenvalue weighted by Crippen LogP contribution is 2.32. The van der Waals surface area contributed by atoms with E-state index in [1.165, 1.54) is 25.4 Å². The van der Waals surface area contributed by atoms with Crippen molar-refractivity contribution in [2.24, 2.45) is 0 Å². The zero-order chi connectivity index (χ0) is 16.4. The first-order valence-corrected chi connectivity index (χ1v) is 8.88. The lowest BCUT2D eigenvalue weighted by Gasteiger charge is -2.26. The van der Waals surface area contributed by atoms with Crippen LogP contribution in [0.4, 0.5) is 5.69 Å². The summed E-state index contributed by atoms with van der Waals surface area (Å²) >= 11 is 0. The number of nitrogens with zero attached hydrogens (tertiary/aromatic N) is 1. The minimum absolute atomic E-state index is 0.